The molecule has 1 saturated carbocycles. The molecular weight excluding hydrogens is 605 g/mol. The van der Waals surface area contributed by atoms with Gasteiger partial charge in [-0.25, -0.2) is 8.42 Å². The molecule has 0 radical (unpaired) electrons. The zero-order chi connectivity index (χ0) is 31.1. The number of benzene rings is 3. The highest BCUT2D eigenvalue weighted by Gasteiger charge is 2.35. The smallest absolute Gasteiger partial charge is 0.264 e. The number of nitrogens with one attached hydrogen (secondary N) is 1. The maximum Gasteiger partial charge on any atom is 0.264 e. The molecule has 0 aliphatic heterocycles. The summed E-state index contributed by atoms with van der Waals surface area (Å²) < 4.78 is 29.3. The van der Waals surface area contributed by atoms with E-state index >= 15 is 0 Å². The number of hydrogen-bond donors (Lipinski definition) is 1. The number of amides is 2. The fourth-order valence-electron chi connectivity index (χ4n) is 5.47. The number of aryl methyl sites for hydroxylation is 1. The van der Waals surface area contributed by atoms with Crippen LogP contribution in [-0.4, -0.2) is 43.8 Å². The molecule has 1 aliphatic rings. The molecule has 7 nitrogen and oxygen atoms in total. The molecule has 43 heavy (non-hydrogen) atoms. The van der Waals surface area contributed by atoms with Gasteiger partial charge in [0.05, 0.1) is 10.6 Å². The monoisotopic (exact) mass is 643 g/mol. The Kier molecular flexibility index (Phi) is 11.2. The Morgan fingerprint density at radius 1 is 0.930 bits per heavy atom. The molecule has 0 spiro atoms. The third kappa shape index (κ3) is 8.11. The minimum atomic E-state index is -4.18. The summed E-state index contributed by atoms with van der Waals surface area (Å²) in [4.78, 5) is 29.5. The predicted molar refractivity (Wildman–Crippen MR) is 173 cm³/mol. The average molecular weight is 645 g/mol. The van der Waals surface area contributed by atoms with Crippen molar-refractivity contribution in [2.24, 2.45) is 0 Å². The molecule has 1 fully saturated rings. The zero-order valence-electron chi connectivity index (χ0n) is 24.9. The van der Waals surface area contributed by atoms with Crippen molar-refractivity contribution < 1.29 is 18.0 Å². The van der Waals surface area contributed by atoms with Crippen molar-refractivity contribution in [1.82, 2.24) is 10.2 Å². The van der Waals surface area contributed by atoms with Gasteiger partial charge in [0.15, 0.2) is 0 Å². The van der Waals surface area contributed by atoms with Gasteiger partial charge in [0, 0.05) is 22.6 Å². The standard InChI is InChI=1S/C33H39Cl2N3O4S/c1-4-30(33(40)36-27-9-6-5-7-10-27)37(21-25-15-17-26(34)18-16-25)32(39)22-38(31-12-8-11-29(35)24(31)3)43(41,42)28-19-13-23(2)14-20-28/h8,11-20,27,30H,4-7,9-10,21-22H2,1-3H3,(H,36,40). The van der Waals surface area contributed by atoms with Crippen molar-refractivity contribution in [3.63, 3.8) is 0 Å². The summed E-state index contributed by atoms with van der Waals surface area (Å²) in [6.45, 7) is 5.04. The largest absolute Gasteiger partial charge is 0.352 e. The quantitative estimate of drug-likeness (QED) is 0.242. The Hall–Kier alpha value is -3.07. The number of sulfonamides is 1. The topological polar surface area (TPSA) is 86.8 Å². The molecule has 2 amide bonds. The highest BCUT2D eigenvalue weighted by molar-refractivity contribution is 7.92. The van der Waals surface area contributed by atoms with E-state index in [4.69, 9.17) is 23.2 Å². The minimum absolute atomic E-state index is 0.0524. The van der Waals surface area contributed by atoms with E-state index in [0.717, 1.165) is 47.5 Å². The van der Waals surface area contributed by atoms with E-state index in [1.54, 1.807) is 61.5 Å². The lowest BCUT2D eigenvalue weighted by atomic mass is 9.95. The lowest BCUT2D eigenvalue weighted by Crippen LogP contribution is -2.54. The van der Waals surface area contributed by atoms with Crippen molar-refractivity contribution >= 4 is 50.7 Å². The van der Waals surface area contributed by atoms with Crippen LogP contribution < -0.4 is 9.62 Å². The van der Waals surface area contributed by atoms with Crippen LogP contribution in [0.15, 0.2) is 71.6 Å². The van der Waals surface area contributed by atoms with Crippen LogP contribution in [0.4, 0.5) is 5.69 Å². The SMILES string of the molecule is CCC(C(=O)NC1CCCCC1)N(Cc1ccc(Cl)cc1)C(=O)CN(c1cccc(Cl)c1C)S(=O)(=O)c1ccc(C)cc1. The van der Waals surface area contributed by atoms with E-state index in [0.29, 0.717) is 27.7 Å². The minimum Gasteiger partial charge on any atom is -0.352 e. The molecule has 0 bridgehead atoms. The van der Waals surface area contributed by atoms with Crippen LogP contribution in [0.5, 0.6) is 0 Å². The van der Waals surface area contributed by atoms with Crippen LogP contribution >= 0.6 is 23.2 Å². The van der Waals surface area contributed by atoms with E-state index in [-0.39, 0.29) is 23.4 Å². The van der Waals surface area contributed by atoms with Gasteiger partial charge >= 0.3 is 0 Å². The van der Waals surface area contributed by atoms with Gasteiger partial charge in [0.25, 0.3) is 10.0 Å². The normalized spacial score (nSPS) is 14.6. The first-order chi connectivity index (χ1) is 20.5. The first-order valence-corrected chi connectivity index (χ1v) is 16.9. The van der Waals surface area contributed by atoms with Crippen LogP contribution in [0.1, 0.15) is 62.1 Å². The molecule has 0 saturated heterocycles. The van der Waals surface area contributed by atoms with Gasteiger partial charge in [-0.2, -0.15) is 0 Å². The second-order valence-corrected chi connectivity index (χ2v) is 13.8. The Morgan fingerprint density at radius 2 is 1.58 bits per heavy atom. The number of halogens is 2. The summed E-state index contributed by atoms with van der Waals surface area (Å²) in [7, 11) is -4.18. The summed E-state index contributed by atoms with van der Waals surface area (Å²) in [5, 5.41) is 4.09. The summed E-state index contributed by atoms with van der Waals surface area (Å²) in [5.74, 6) is -0.737. The second-order valence-electron chi connectivity index (χ2n) is 11.1. The molecule has 1 aliphatic carbocycles. The Balaban J connectivity index is 1.73. The Morgan fingerprint density at radius 3 is 2.21 bits per heavy atom. The predicted octanol–water partition coefficient (Wildman–Crippen LogP) is 7.06. The summed E-state index contributed by atoms with van der Waals surface area (Å²) in [6, 6.07) is 17.8. The van der Waals surface area contributed by atoms with Crippen LogP contribution in [-0.2, 0) is 26.2 Å². The first kappa shape index (κ1) is 32.8. The summed E-state index contributed by atoms with van der Waals surface area (Å²) >= 11 is 12.5. The average Bonchev–Trinajstić information content (AvgIpc) is 2.99. The van der Waals surface area contributed by atoms with Crippen LogP contribution in [0.2, 0.25) is 10.0 Å². The molecule has 10 heteroatoms. The maximum atomic E-state index is 14.3. The number of hydrogen-bond acceptors (Lipinski definition) is 4. The molecule has 0 aromatic heterocycles. The lowest BCUT2D eigenvalue weighted by molar-refractivity contribution is -0.140. The highest BCUT2D eigenvalue weighted by atomic mass is 35.5. The molecule has 4 rings (SSSR count). The van der Waals surface area contributed by atoms with Crippen molar-refractivity contribution in [1.29, 1.82) is 0 Å². The molecule has 1 N–H and O–H groups in total. The van der Waals surface area contributed by atoms with E-state index in [1.807, 2.05) is 13.8 Å². The number of carbonyl (C=O) groups is 2. The van der Waals surface area contributed by atoms with Gasteiger partial charge in [-0.1, -0.05) is 85.3 Å². The third-order valence-electron chi connectivity index (χ3n) is 8.00. The van der Waals surface area contributed by atoms with Crippen molar-refractivity contribution in [3.8, 4) is 0 Å². The first-order valence-electron chi connectivity index (χ1n) is 14.7. The highest BCUT2D eigenvalue weighted by Crippen LogP contribution is 2.31. The second kappa shape index (κ2) is 14.6. The molecule has 1 atom stereocenters. The van der Waals surface area contributed by atoms with Gasteiger partial charge < -0.3 is 10.2 Å². The third-order valence-corrected chi connectivity index (χ3v) is 10.4. The number of anilines is 1. The van der Waals surface area contributed by atoms with Gasteiger partial charge in [-0.15, -0.1) is 0 Å². The van der Waals surface area contributed by atoms with E-state index in [1.165, 1.54) is 17.0 Å². The van der Waals surface area contributed by atoms with Gasteiger partial charge in [-0.3, -0.25) is 13.9 Å². The van der Waals surface area contributed by atoms with Crippen molar-refractivity contribution in [2.45, 2.75) is 82.8 Å². The molecule has 3 aromatic rings. The molecule has 3 aromatic carbocycles. The van der Waals surface area contributed by atoms with E-state index < -0.39 is 28.5 Å². The maximum absolute atomic E-state index is 14.3. The zero-order valence-corrected chi connectivity index (χ0v) is 27.2. The number of rotatable bonds is 11. The van der Waals surface area contributed by atoms with Crippen LogP contribution in [0, 0.1) is 13.8 Å². The fourth-order valence-corrected chi connectivity index (χ4v) is 7.23. The Bertz CT molecular complexity index is 1520. The molecule has 230 valence electrons. The van der Waals surface area contributed by atoms with Gasteiger partial charge in [0.1, 0.15) is 12.6 Å². The molecular formula is C33H39Cl2N3O4S. The van der Waals surface area contributed by atoms with Crippen molar-refractivity contribution in [3.05, 3.63) is 93.5 Å². The van der Waals surface area contributed by atoms with E-state index in [2.05, 4.69) is 5.32 Å². The summed E-state index contributed by atoms with van der Waals surface area (Å²) in [5.41, 5.74) is 2.50. The van der Waals surface area contributed by atoms with Crippen molar-refractivity contribution in [2.75, 3.05) is 10.8 Å². The molecule has 1 unspecified atom stereocenters. The summed E-state index contributed by atoms with van der Waals surface area (Å²) in [6.07, 6.45) is 5.44. The van der Waals surface area contributed by atoms with Gasteiger partial charge in [0.2, 0.25) is 11.8 Å². The van der Waals surface area contributed by atoms with E-state index in [9.17, 15) is 18.0 Å². The number of nitrogens with zero attached hydrogens (tertiary/aromatic N) is 2. The van der Waals surface area contributed by atoms with Gasteiger partial charge in [-0.05, 0) is 80.6 Å². The molecule has 0 heterocycles. The van der Waals surface area contributed by atoms with Crippen LogP contribution in [0.25, 0.3) is 0 Å². The fraction of sp³-hybridized carbons (Fsp3) is 0.394. The number of carbonyl (C=O) groups excluding carboxylic acids is 2. The van der Waals surface area contributed by atoms with Crippen LogP contribution in [0.3, 0.4) is 0 Å². The lowest BCUT2D eigenvalue weighted by Gasteiger charge is -2.34. The Labute approximate surface area is 265 Å².